The molecule has 2 atom stereocenters. The number of H-pyrrole nitrogens is 1. The van der Waals surface area contributed by atoms with Crippen molar-refractivity contribution in [1.82, 2.24) is 25.3 Å². The molecule has 2 unspecified atom stereocenters. The summed E-state index contributed by atoms with van der Waals surface area (Å²) in [5, 5.41) is 4.44. The third kappa shape index (κ3) is 2.60. The maximum absolute atomic E-state index is 11.8. The minimum atomic E-state index is -0.577. The molecule has 1 fully saturated rings. The maximum Gasteiger partial charge on any atom is 0.237 e. The molecule has 21 heavy (non-hydrogen) atoms. The number of carbonyl (C=O) groups is 1. The van der Waals surface area contributed by atoms with E-state index in [0.29, 0.717) is 10.9 Å². The van der Waals surface area contributed by atoms with Crippen LogP contribution in [0.5, 0.6) is 0 Å². The predicted molar refractivity (Wildman–Crippen MR) is 80.8 cm³/mol. The van der Waals surface area contributed by atoms with Gasteiger partial charge in [0.25, 0.3) is 0 Å². The van der Waals surface area contributed by atoms with E-state index in [1.807, 2.05) is 6.92 Å². The number of primary amides is 1. The number of hydrogen-bond donors (Lipinski definition) is 3. The molecule has 0 saturated heterocycles. The van der Waals surface area contributed by atoms with E-state index in [9.17, 15) is 4.79 Å². The number of nitrogens with zero attached hydrogens (tertiary/aromatic N) is 3. The average Bonchev–Trinajstić information content (AvgIpc) is 3.07. The van der Waals surface area contributed by atoms with Crippen molar-refractivity contribution in [2.75, 3.05) is 6.54 Å². The first kappa shape index (κ1) is 14.3. The van der Waals surface area contributed by atoms with Crippen LogP contribution in [0.3, 0.4) is 0 Å². The number of carbonyl (C=O) groups excluding carboxylic acids is 1. The number of aromatic amines is 1. The second-order valence-electron chi connectivity index (χ2n) is 5.24. The monoisotopic (exact) mass is 306 g/mol. The van der Waals surface area contributed by atoms with Crippen molar-refractivity contribution in [2.24, 2.45) is 5.73 Å². The van der Waals surface area contributed by atoms with Gasteiger partial charge in [-0.2, -0.15) is 0 Å². The average molecular weight is 306 g/mol. The third-order valence-corrected chi connectivity index (χ3v) is 5.19. The zero-order chi connectivity index (χ0) is 14.9. The number of amides is 1. The van der Waals surface area contributed by atoms with Crippen LogP contribution in [-0.2, 0) is 4.79 Å². The lowest BCUT2D eigenvalue weighted by Crippen LogP contribution is -2.53. The molecule has 0 spiro atoms. The van der Waals surface area contributed by atoms with Crippen LogP contribution in [0.1, 0.15) is 26.2 Å². The highest BCUT2D eigenvalue weighted by Crippen LogP contribution is 2.40. The summed E-state index contributed by atoms with van der Waals surface area (Å²) in [5.41, 5.74) is 6.53. The Morgan fingerprint density at radius 3 is 3.19 bits per heavy atom. The summed E-state index contributed by atoms with van der Waals surface area (Å²) in [5.74, 6) is -0.262. The van der Waals surface area contributed by atoms with E-state index in [1.165, 1.54) is 6.33 Å². The number of thioether (sulfide) groups is 1. The van der Waals surface area contributed by atoms with Gasteiger partial charge in [-0.3, -0.25) is 4.79 Å². The van der Waals surface area contributed by atoms with E-state index in [2.05, 4.69) is 25.3 Å². The fraction of sp³-hybridized carbons (Fsp3) is 0.538. The van der Waals surface area contributed by atoms with Crippen molar-refractivity contribution < 1.29 is 4.79 Å². The lowest BCUT2D eigenvalue weighted by Gasteiger charge is -2.26. The Hall–Kier alpha value is -1.67. The van der Waals surface area contributed by atoms with Crippen LogP contribution in [0.25, 0.3) is 11.2 Å². The van der Waals surface area contributed by atoms with E-state index in [-0.39, 0.29) is 5.91 Å². The van der Waals surface area contributed by atoms with Crippen LogP contribution in [0.2, 0.25) is 0 Å². The number of likely N-dealkylation sites (N-methyl/N-ethyl adjacent to an activating group) is 1. The smallest absolute Gasteiger partial charge is 0.237 e. The molecule has 0 aromatic carbocycles. The number of rotatable bonds is 5. The lowest BCUT2D eigenvalue weighted by atomic mass is 9.97. The highest BCUT2D eigenvalue weighted by atomic mass is 32.2. The number of imidazole rings is 1. The fourth-order valence-corrected chi connectivity index (χ4v) is 4.20. The van der Waals surface area contributed by atoms with Gasteiger partial charge in [-0.15, -0.1) is 11.8 Å². The van der Waals surface area contributed by atoms with Gasteiger partial charge in [0, 0.05) is 5.25 Å². The van der Waals surface area contributed by atoms with E-state index >= 15 is 0 Å². The first-order valence-electron chi connectivity index (χ1n) is 7.00. The van der Waals surface area contributed by atoms with E-state index in [0.717, 1.165) is 36.3 Å². The minimum Gasteiger partial charge on any atom is -0.368 e. The van der Waals surface area contributed by atoms with Gasteiger partial charge in [0.15, 0.2) is 5.65 Å². The van der Waals surface area contributed by atoms with Crippen LogP contribution in [0.4, 0.5) is 0 Å². The molecule has 0 aliphatic heterocycles. The fourth-order valence-electron chi connectivity index (χ4n) is 2.90. The number of nitrogens with one attached hydrogen (secondary N) is 2. The molecule has 112 valence electrons. The second kappa shape index (κ2) is 5.61. The summed E-state index contributed by atoms with van der Waals surface area (Å²) in [6, 6.07) is 0. The largest absolute Gasteiger partial charge is 0.368 e. The Kier molecular flexibility index (Phi) is 3.81. The van der Waals surface area contributed by atoms with Crippen molar-refractivity contribution in [3.63, 3.8) is 0 Å². The van der Waals surface area contributed by atoms with Gasteiger partial charge in [0.1, 0.15) is 16.9 Å². The standard InChI is InChI=1S/C13H18N6OS/c1-2-19-13(12(14)20)4-3-8(5-13)21-11-9-10(16-6-15-9)17-7-18-11/h6-8,19H,2-5H2,1H3,(H2,14,20)(H,15,16,17,18). The molecule has 1 aliphatic rings. The van der Waals surface area contributed by atoms with Crippen LogP contribution >= 0.6 is 11.8 Å². The summed E-state index contributed by atoms with van der Waals surface area (Å²) in [6.07, 6.45) is 5.56. The van der Waals surface area contributed by atoms with Gasteiger partial charge in [0.05, 0.1) is 11.9 Å². The minimum absolute atomic E-state index is 0.262. The topological polar surface area (TPSA) is 110 Å². The van der Waals surface area contributed by atoms with Crippen molar-refractivity contribution in [3.8, 4) is 0 Å². The Morgan fingerprint density at radius 1 is 1.57 bits per heavy atom. The molecule has 2 heterocycles. The zero-order valence-corrected chi connectivity index (χ0v) is 12.6. The van der Waals surface area contributed by atoms with Crippen LogP contribution in [0, 0.1) is 0 Å². The molecule has 2 aromatic rings. The first-order chi connectivity index (χ1) is 10.1. The Bertz CT molecular complexity index is 659. The lowest BCUT2D eigenvalue weighted by molar-refractivity contribution is -0.124. The molecular formula is C13H18N6OS. The van der Waals surface area contributed by atoms with Gasteiger partial charge in [0.2, 0.25) is 5.91 Å². The zero-order valence-electron chi connectivity index (χ0n) is 11.8. The highest BCUT2D eigenvalue weighted by Gasteiger charge is 2.43. The molecule has 4 N–H and O–H groups in total. The van der Waals surface area contributed by atoms with Crippen LogP contribution in [-0.4, -0.2) is 43.2 Å². The van der Waals surface area contributed by atoms with Crippen molar-refractivity contribution in [2.45, 2.75) is 42.0 Å². The molecule has 1 amide bonds. The van der Waals surface area contributed by atoms with Crippen LogP contribution < -0.4 is 11.1 Å². The maximum atomic E-state index is 11.8. The number of fused-ring (bicyclic) bond motifs is 1. The van der Waals surface area contributed by atoms with Crippen molar-refractivity contribution >= 4 is 28.8 Å². The van der Waals surface area contributed by atoms with Crippen molar-refractivity contribution in [3.05, 3.63) is 12.7 Å². The van der Waals surface area contributed by atoms with Gasteiger partial charge >= 0.3 is 0 Å². The van der Waals surface area contributed by atoms with Gasteiger partial charge in [-0.05, 0) is 25.8 Å². The number of nitrogens with two attached hydrogens (primary N) is 1. The Labute approximate surface area is 126 Å². The van der Waals surface area contributed by atoms with E-state index in [1.54, 1.807) is 18.1 Å². The molecule has 0 bridgehead atoms. The molecule has 2 aromatic heterocycles. The van der Waals surface area contributed by atoms with Gasteiger partial charge in [-0.1, -0.05) is 6.92 Å². The summed E-state index contributed by atoms with van der Waals surface area (Å²) in [6.45, 7) is 2.72. The summed E-state index contributed by atoms with van der Waals surface area (Å²) in [7, 11) is 0. The molecule has 0 radical (unpaired) electrons. The molecular weight excluding hydrogens is 288 g/mol. The SMILES string of the molecule is CCNC1(C(N)=O)CCC(Sc2ncnc3nc[nH]c23)C1. The van der Waals surface area contributed by atoms with E-state index < -0.39 is 5.54 Å². The Balaban J connectivity index is 1.78. The first-order valence-corrected chi connectivity index (χ1v) is 7.88. The van der Waals surface area contributed by atoms with Gasteiger partial charge in [-0.25, -0.2) is 15.0 Å². The summed E-state index contributed by atoms with van der Waals surface area (Å²) >= 11 is 1.66. The Morgan fingerprint density at radius 2 is 2.43 bits per heavy atom. The summed E-state index contributed by atoms with van der Waals surface area (Å²) in [4.78, 5) is 27.4. The second-order valence-corrected chi connectivity index (χ2v) is 6.53. The predicted octanol–water partition coefficient (Wildman–Crippen LogP) is 0.831. The molecule has 1 saturated carbocycles. The normalized spacial score (nSPS) is 25.5. The third-order valence-electron chi connectivity index (χ3n) is 3.92. The molecule has 3 rings (SSSR count). The highest BCUT2D eigenvalue weighted by molar-refractivity contribution is 8.00. The molecule has 1 aliphatic carbocycles. The molecule has 8 heteroatoms. The van der Waals surface area contributed by atoms with Crippen molar-refractivity contribution in [1.29, 1.82) is 0 Å². The summed E-state index contributed by atoms with van der Waals surface area (Å²) < 4.78 is 0. The number of hydrogen-bond acceptors (Lipinski definition) is 6. The number of aromatic nitrogens is 4. The van der Waals surface area contributed by atoms with Crippen LogP contribution in [0.15, 0.2) is 17.7 Å². The molecule has 7 nitrogen and oxygen atoms in total. The quantitative estimate of drug-likeness (QED) is 0.706. The van der Waals surface area contributed by atoms with E-state index in [4.69, 9.17) is 5.73 Å². The van der Waals surface area contributed by atoms with Gasteiger partial charge < -0.3 is 16.0 Å².